The van der Waals surface area contributed by atoms with Gasteiger partial charge >= 0.3 is 11.9 Å². The highest BCUT2D eigenvalue weighted by atomic mass is 16.5. The van der Waals surface area contributed by atoms with E-state index in [0.29, 0.717) is 0 Å². The summed E-state index contributed by atoms with van der Waals surface area (Å²) < 4.78 is 4.43. The molecule has 112 valence electrons. The van der Waals surface area contributed by atoms with E-state index in [1.165, 1.54) is 13.2 Å². The molecule has 1 aromatic rings. The summed E-state index contributed by atoms with van der Waals surface area (Å²) in [5.74, 6) is -2.24. The molecule has 1 atom stereocenters. The molecule has 1 aromatic carbocycles. The zero-order valence-electron chi connectivity index (χ0n) is 11.6. The molecule has 6 nitrogen and oxygen atoms in total. The Morgan fingerprint density at radius 3 is 2.52 bits per heavy atom. The van der Waals surface area contributed by atoms with Gasteiger partial charge < -0.3 is 15.2 Å². The second kappa shape index (κ2) is 8.52. The first-order chi connectivity index (χ1) is 10.0. The Balaban J connectivity index is 2.54. The van der Waals surface area contributed by atoms with Crippen LogP contribution >= 0.6 is 0 Å². The van der Waals surface area contributed by atoms with Crippen molar-refractivity contribution in [2.75, 3.05) is 7.11 Å². The van der Waals surface area contributed by atoms with Gasteiger partial charge in [0.15, 0.2) is 0 Å². The zero-order valence-corrected chi connectivity index (χ0v) is 11.6. The molecule has 0 bridgehead atoms. The lowest BCUT2D eigenvalue weighted by Crippen LogP contribution is -2.40. The first kappa shape index (κ1) is 16.4. The Kier molecular flexibility index (Phi) is 6.67. The molecule has 21 heavy (non-hydrogen) atoms. The van der Waals surface area contributed by atoms with Crippen LogP contribution in [0.4, 0.5) is 0 Å². The van der Waals surface area contributed by atoms with Gasteiger partial charge in [0.2, 0.25) is 5.91 Å². The van der Waals surface area contributed by atoms with E-state index >= 15 is 0 Å². The minimum Gasteiger partial charge on any atom is -0.480 e. The number of aliphatic carboxylic acids is 1. The van der Waals surface area contributed by atoms with Crippen LogP contribution in [0.1, 0.15) is 18.4 Å². The molecule has 1 amide bonds. The fourth-order valence-corrected chi connectivity index (χ4v) is 1.58. The second-order valence-corrected chi connectivity index (χ2v) is 4.26. The Bertz CT molecular complexity index is 524. The molecule has 2 N–H and O–H groups in total. The predicted octanol–water partition coefficient (Wildman–Crippen LogP) is 1.22. The summed E-state index contributed by atoms with van der Waals surface area (Å²) in [5, 5.41) is 11.3. The predicted molar refractivity (Wildman–Crippen MR) is 76.3 cm³/mol. The zero-order chi connectivity index (χ0) is 15.7. The van der Waals surface area contributed by atoms with Crippen molar-refractivity contribution in [2.24, 2.45) is 0 Å². The molecule has 6 heteroatoms. The van der Waals surface area contributed by atoms with E-state index in [9.17, 15) is 14.4 Å². The van der Waals surface area contributed by atoms with Crippen molar-refractivity contribution in [1.82, 2.24) is 5.32 Å². The number of carboxylic acid groups (broad SMARTS) is 1. The van der Waals surface area contributed by atoms with Gasteiger partial charge in [-0.25, -0.2) is 4.79 Å². The summed E-state index contributed by atoms with van der Waals surface area (Å²) in [6.45, 7) is 0. The number of nitrogens with one attached hydrogen (secondary N) is 1. The topological polar surface area (TPSA) is 92.7 Å². The van der Waals surface area contributed by atoms with Crippen LogP contribution < -0.4 is 5.32 Å². The highest BCUT2D eigenvalue weighted by Crippen LogP contribution is 2.02. The average Bonchev–Trinajstić information content (AvgIpc) is 2.49. The van der Waals surface area contributed by atoms with Crippen LogP contribution in [0.15, 0.2) is 36.4 Å². The summed E-state index contributed by atoms with van der Waals surface area (Å²) in [4.78, 5) is 33.7. The van der Waals surface area contributed by atoms with Crippen molar-refractivity contribution >= 4 is 23.9 Å². The van der Waals surface area contributed by atoms with Gasteiger partial charge in [-0.15, -0.1) is 0 Å². The molecule has 0 aliphatic carbocycles. The standard InChI is InChI=1S/C15H17NO5/c1-21-14(18)10-8-12(15(19)20)16-13(17)9-7-11-5-3-2-4-6-11/h2-7,9,12H,8,10H2,1H3,(H,16,17)(H,19,20)/b9-7+/t12-/m0/s1. The normalized spacial score (nSPS) is 11.9. The van der Waals surface area contributed by atoms with Crippen molar-refractivity contribution in [2.45, 2.75) is 18.9 Å². The van der Waals surface area contributed by atoms with Gasteiger partial charge in [0, 0.05) is 12.5 Å². The van der Waals surface area contributed by atoms with E-state index in [1.54, 1.807) is 6.08 Å². The number of amides is 1. The highest BCUT2D eigenvalue weighted by Gasteiger charge is 2.20. The fourth-order valence-electron chi connectivity index (χ4n) is 1.58. The maximum atomic E-state index is 11.7. The number of esters is 1. The monoisotopic (exact) mass is 291 g/mol. The Hall–Kier alpha value is -2.63. The van der Waals surface area contributed by atoms with Crippen molar-refractivity contribution < 1.29 is 24.2 Å². The SMILES string of the molecule is COC(=O)CC[C@H](NC(=O)/C=C/c1ccccc1)C(=O)O. The van der Waals surface area contributed by atoms with Crippen LogP contribution in [0.2, 0.25) is 0 Å². The number of hydrogen-bond acceptors (Lipinski definition) is 4. The molecule has 0 aliphatic heterocycles. The lowest BCUT2D eigenvalue weighted by molar-refractivity contribution is -0.143. The summed E-state index contributed by atoms with van der Waals surface area (Å²) in [5.41, 5.74) is 0.828. The van der Waals surface area contributed by atoms with E-state index in [1.807, 2.05) is 30.3 Å². The van der Waals surface area contributed by atoms with Gasteiger partial charge in [-0.05, 0) is 18.1 Å². The van der Waals surface area contributed by atoms with Crippen LogP contribution in [0, 0.1) is 0 Å². The maximum absolute atomic E-state index is 11.7. The van der Waals surface area contributed by atoms with E-state index < -0.39 is 23.9 Å². The highest BCUT2D eigenvalue weighted by molar-refractivity contribution is 5.94. The molecular weight excluding hydrogens is 274 g/mol. The fraction of sp³-hybridized carbons (Fsp3) is 0.267. The van der Waals surface area contributed by atoms with Crippen molar-refractivity contribution in [1.29, 1.82) is 0 Å². The number of carbonyl (C=O) groups excluding carboxylic acids is 2. The molecule has 0 spiro atoms. The molecular formula is C15H17NO5. The van der Waals surface area contributed by atoms with Crippen LogP contribution in [0.25, 0.3) is 6.08 Å². The first-order valence-corrected chi connectivity index (χ1v) is 6.36. The maximum Gasteiger partial charge on any atom is 0.326 e. The number of carboxylic acids is 1. The van der Waals surface area contributed by atoms with Crippen molar-refractivity contribution in [3.63, 3.8) is 0 Å². The third-order valence-electron chi connectivity index (χ3n) is 2.71. The Labute approximate surface area is 122 Å². The average molecular weight is 291 g/mol. The lowest BCUT2D eigenvalue weighted by Gasteiger charge is -2.12. The van der Waals surface area contributed by atoms with E-state index in [2.05, 4.69) is 10.1 Å². The largest absolute Gasteiger partial charge is 0.480 e. The summed E-state index contributed by atoms with van der Waals surface area (Å²) in [6, 6.07) is 8.01. The molecule has 0 aromatic heterocycles. The van der Waals surface area contributed by atoms with Gasteiger partial charge in [0.25, 0.3) is 0 Å². The quantitative estimate of drug-likeness (QED) is 0.582. The van der Waals surface area contributed by atoms with Crippen LogP contribution in [0.3, 0.4) is 0 Å². The van der Waals surface area contributed by atoms with E-state index in [0.717, 1.165) is 5.56 Å². The molecule has 0 heterocycles. The van der Waals surface area contributed by atoms with Gasteiger partial charge in [0.05, 0.1) is 7.11 Å². The Morgan fingerprint density at radius 1 is 1.29 bits per heavy atom. The summed E-state index contributed by atoms with van der Waals surface area (Å²) in [7, 11) is 1.22. The summed E-state index contributed by atoms with van der Waals surface area (Å²) >= 11 is 0. The van der Waals surface area contributed by atoms with Gasteiger partial charge in [-0.1, -0.05) is 30.3 Å². The van der Waals surface area contributed by atoms with Crippen molar-refractivity contribution in [3.8, 4) is 0 Å². The molecule has 0 aliphatic rings. The van der Waals surface area contributed by atoms with Crippen molar-refractivity contribution in [3.05, 3.63) is 42.0 Å². The van der Waals surface area contributed by atoms with Gasteiger partial charge in [-0.3, -0.25) is 9.59 Å². The Morgan fingerprint density at radius 2 is 1.95 bits per heavy atom. The van der Waals surface area contributed by atoms with Gasteiger partial charge in [0.1, 0.15) is 6.04 Å². The molecule has 1 rings (SSSR count). The molecule has 0 saturated carbocycles. The van der Waals surface area contributed by atoms with Crippen LogP contribution in [-0.4, -0.2) is 36.1 Å². The van der Waals surface area contributed by atoms with E-state index in [-0.39, 0.29) is 12.8 Å². The number of carbonyl (C=O) groups is 3. The minimum atomic E-state index is -1.19. The number of methoxy groups -OCH3 is 1. The molecule has 0 radical (unpaired) electrons. The van der Waals surface area contributed by atoms with Crippen LogP contribution in [-0.2, 0) is 19.1 Å². The third-order valence-corrected chi connectivity index (χ3v) is 2.71. The number of rotatable bonds is 7. The first-order valence-electron chi connectivity index (χ1n) is 6.36. The molecule has 0 saturated heterocycles. The number of hydrogen-bond donors (Lipinski definition) is 2. The second-order valence-electron chi connectivity index (χ2n) is 4.26. The van der Waals surface area contributed by atoms with E-state index in [4.69, 9.17) is 5.11 Å². The third kappa shape index (κ3) is 6.38. The number of ether oxygens (including phenoxy) is 1. The minimum absolute atomic E-state index is 0.0209. The van der Waals surface area contributed by atoms with Gasteiger partial charge in [-0.2, -0.15) is 0 Å². The number of benzene rings is 1. The molecule has 0 unspecified atom stereocenters. The smallest absolute Gasteiger partial charge is 0.326 e. The summed E-state index contributed by atoms with van der Waals surface area (Å²) in [6.07, 6.45) is 2.74. The lowest BCUT2D eigenvalue weighted by atomic mass is 10.1. The molecule has 0 fully saturated rings. The van der Waals surface area contributed by atoms with Crippen LogP contribution in [0.5, 0.6) is 0 Å².